The number of imide groups is 1. The molecule has 1 aliphatic rings. The van der Waals surface area contributed by atoms with Gasteiger partial charge >= 0.3 is 18.2 Å². The van der Waals surface area contributed by atoms with Gasteiger partial charge in [-0.2, -0.15) is 13.2 Å². The largest absolute Gasteiger partial charge is 0.469 e. The highest BCUT2D eigenvalue weighted by Gasteiger charge is 2.63. The Morgan fingerprint density at radius 2 is 1.63 bits per heavy atom. The van der Waals surface area contributed by atoms with Crippen molar-refractivity contribution in [3.05, 3.63) is 114 Å². The van der Waals surface area contributed by atoms with E-state index < -0.39 is 47.3 Å². The van der Waals surface area contributed by atoms with E-state index in [2.05, 4.69) is 11.9 Å². The first-order valence-corrected chi connectivity index (χ1v) is 13.9. The fourth-order valence-corrected chi connectivity index (χ4v) is 5.07. The van der Waals surface area contributed by atoms with Crippen LogP contribution in [-0.4, -0.2) is 29.0 Å². The molecule has 10 heteroatoms. The van der Waals surface area contributed by atoms with E-state index in [9.17, 15) is 27.6 Å². The molecule has 0 spiro atoms. The minimum Gasteiger partial charge on any atom is -0.469 e. The van der Waals surface area contributed by atoms with Crippen LogP contribution in [0.15, 0.2) is 91.5 Å². The van der Waals surface area contributed by atoms with Crippen molar-refractivity contribution in [3.63, 3.8) is 0 Å². The Bertz CT molecular complexity index is 1440. The lowest BCUT2D eigenvalue weighted by atomic mass is 9.72. The molecule has 0 unspecified atom stereocenters. The van der Waals surface area contributed by atoms with Crippen molar-refractivity contribution >= 4 is 17.9 Å². The van der Waals surface area contributed by atoms with E-state index in [0.717, 1.165) is 22.6 Å². The Labute approximate surface area is 248 Å². The highest BCUT2D eigenvalue weighted by Crippen LogP contribution is 2.46. The molecule has 3 aromatic rings. The second-order valence-corrected chi connectivity index (χ2v) is 10.2. The van der Waals surface area contributed by atoms with Gasteiger partial charge in [0.25, 0.3) is 0 Å². The molecule has 3 amide bonds. The lowest BCUT2D eigenvalue weighted by molar-refractivity contribution is -0.191. The SMILES string of the molecule is C=CC[C@@H](NC(=O)N1C(=O)C(CC)(CC)[C@@H]1Oc1ccc(C(=O)OCc2ccccc2)cc1)c1ccc(C(F)(F)F)cc1. The summed E-state index contributed by atoms with van der Waals surface area (Å²) in [7, 11) is 0. The van der Waals surface area contributed by atoms with Gasteiger partial charge in [0.2, 0.25) is 5.91 Å². The number of rotatable bonds is 11. The van der Waals surface area contributed by atoms with Gasteiger partial charge in [-0.3, -0.25) is 4.79 Å². The number of β-lactam (4-membered cyclic amide) rings is 1. The number of alkyl halides is 3. The zero-order chi connectivity index (χ0) is 31.2. The fourth-order valence-electron chi connectivity index (χ4n) is 5.07. The second kappa shape index (κ2) is 13.1. The number of esters is 1. The third kappa shape index (κ3) is 6.74. The average molecular weight is 595 g/mol. The van der Waals surface area contributed by atoms with Crippen LogP contribution in [0.3, 0.4) is 0 Å². The van der Waals surface area contributed by atoms with E-state index in [1.54, 1.807) is 12.1 Å². The fraction of sp³-hybridized carbons (Fsp3) is 0.303. The zero-order valence-electron chi connectivity index (χ0n) is 23.9. The number of carbonyl (C=O) groups is 3. The van der Waals surface area contributed by atoms with Crippen molar-refractivity contribution in [2.45, 2.75) is 58.2 Å². The molecule has 4 rings (SSSR count). The highest BCUT2D eigenvalue weighted by atomic mass is 19.4. The zero-order valence-corrected chi connectivity index (χ0v) is 23.9. The summed E-state index contributed by atoms with van der Waals surface area (Å²) in [6, 6.07) is 18.5. The Balaban J connectivity index is 1.48. The van der Waals surface area contributed by atoms with Crippen LogP contribution in [0.4, 0.5) is 18.0 Å². The van der Waals surface area contributed by atoms with Gasteiger partial charge < -0.3 is 14.8 Å². The molecule has 0 aliphatic carbocycles. The Morgan fingerprint density at radius 1 is 1.00 bits per heavy atom. The maximum Gasteiger partial charge on any atom is 0.416 e. The molecule has 0 saturated carbocycles. The summed E-state index contributed by atoms with van der Waals surface area (Å²) in [5, 5.41) is 2.75. The van der Waals surface area contributed by atoms with Gasteiger partial charge in [0, 0.05) is 0 Å². The van der Waals surface area contributed by atoms with Crippen LogP contribution in [0, 0.1) is 5.41 Å². The van der Waals surface area contributed by atoms with Crippen molar-refractivity contribution in [1.29, 1.82) is 0 Å². The summed E-state index contributed by atoms with van der Waals surface area (Å²) in [6.45, 7) is 7.48. The van der Waals surface area contributed by atoms with Gasteiger partial charge in [0.15, 0.2) is 6.23 Å². The predicted molar refractivity (Wildman–Crippen MR) is 154 cm³/mol. The molecule has 43 heavy (non-hydrogen) atoms. The molecule has 1 aliphatic heterocycles. The molecular weight excluding hydrogens is 561 g/mol. The summed E-state index contributed by atoms with van der Waals surface area (Å²) in [6.07, 6.45) is -2.86. The summed E-state index contributed by atoms with van der Waals surface area (Å²) in [5.74, 6) is -0.583. The maximum atomic E-state index is 13.4. The number of urea groups is 1. The number of likely N-dealkylation sites (tertiary alicyclic amines) is 1. The Kier molecular flexibility index (Phi) is 9.58. The molecule has 226 valence electrons. The van der Waals surface area contributed by atoms with Crippen molar-refractivity contribution < 1.29 is 37.0 Å². The van der Waals surface area contributed by atoms with Gasteiger partial charge in [-0.1, -0.05) is 62.4 Å². The number of hydrogen-bond acceptors (Lipinski definition) is 5. The van der Waals surface area contributed by atoms with Crippen LogP contribution in [-0.2, 0) is 22.3 Å². The third-order valence-electron chi connectivity index (χ3n) is 7.72. The molecule has 7 nitrogen and oxygen atoms in total. The first-order chi connectivity index (χ1) is 20.5. The quantitative estimate of drug-likeness (QED) is 0.142. The van der Waals surface area contributed by atoms with Crippen LogP contribution >= 0.6 is 0 Å². The minimum absolute atomic E-state index is 0.126. The van der Waals surface area contributed by atoms with E-state index in [4.69, 9.17) is 9.47 Å². The van der Waals surface area contributed by atoms with Crippen LogP contribution in [0.5, 0.6) is 5.75 Å². The number of carbonyl (C=O) groups excluding carboxylic acids is 3. The van der Waals surface area contributed by atoms with Crippen LogP contribution < -0.4 is 10.1 Å². The van der Waals surface area contributed by atoms with Gasteiger partial charge in [-0.25, -0.2) is 14.5 Å². The number of nitrogens with one attached hydrogen (secondary N) is 1. The van der Waals surface area contributed by atoms with E-state index in [1.165, 1.54) is 30.3 Å². The summed E-state index contributed by atoms with van der Waals surface area (Å²) >= 11 is 0. The molecule has 0 aromatic heterocycles. The Hall–Kier alpha value is -4.60. The molecule has 0 radical (unpaired) electrons. The van der Waals surface area contributed by atoms with E-state index in [1.807, 2.05) is 44.2 Å². The standard InChI is InChI=1S/C33H33F3N2O5/c1-4-10-27(23-13-17-25(18-14-23)33(34,35)36)37-31(41)38-29(40)32(5-2,6-3)30(38)43-26-19-15-24(16-20-26)28(39)42-21-22-11-8-7-9-12-22/h4,7-9,11-20,27,30H,1,5-6,10,21H2,2-3H3,(H,37,41)/t27-,30+/m1/s1. The van der Waals surface area contributed by atoms with Crippen LogP contribution in [0.25, 0.3) is 0 Å². The molecule has 0 bridgehead atoms. The molecular formula is C33H33F3N2O5. The second-order valence-electron chi connectivity index (χ2n) is 10.2. The summed E-state index contributed by atoms with van der Waals surface area (Å²) < 4.78 is 50.6. The van der Waals surface area contributed by atoms with E-state index >= 15 is 0 Å². The molecule has 3 aromatic carbocycles. The number of ether oxygens (including phenoxy) is 2. The molecule has 1 heterocycles. The summed E-state index contributed by atoms with van der Waals surface area (Å²) in [5.41, 5.74) is -0.167. The normalized spacial score (nSPS) is 16.5. The monoisotopic (exact) mass is 594 g/mol. The molecule has 1 saturated heterocycles. The predicted octanol–water partition coefficient (Wildman–Crippen LogP) is 7.44. The number of hydrogen-bond donors (Lipinski definition) is 1. The van der Waals surface area contributed by atoms with Crippen molar-refractivity contribution in [1.82, 2.24) is 10.2 Å². The van der Waals surface area contributed by atoms with E-state index in [-0.39, 0.29) is 13.0 Å². The summed E-state index contributed by atoms with van der Waals surface area (Å²) in [4.78, 5) is 40.2. The van der Waals surface area contributed by atoms with Gasteiger partial charge in [0.1, 0.15) is 17.8 Å². The Morgan fingerprint density at radius 3 is 2.19 bits per heavy atom. The lowest BCUT2D eigenvalue weighted by Crippen LogP contribution is -2.73. The topological polar surface area (TPSA) is 84.9 Å². The maximum absolute atomic E-state index is 13.4. The average Bonchev–Trinajstić information content (AvgIpc) is 3.00. The van der Waals surface area contributed by atoms with Crippen molar-refractivity contribution in [2.75, 3.05) is 0 Å². The van der Waals surface area contributed by atoms with Crippen molar-refractivity contribution in [2.24, 2.45) is 5.41 Å². The van der Waals surface area contributed by atoms with Crippen LogP contribution in [0.2, 0.25) is 0 Å². The number of benzene rings is 3. The smallest absolute Gasteiger partial charge is 0.416 e. The molecule has 1 N–H and O–H groups in total. The number of halogens is 3. The first kappa shape index (κ1) is 31.3. The van der Waals surface area contributed by atoms with Crippen molar-refractivity contribution in [3.8, 4) is 5.75 Å². The highest BCUT2D eigenvalue weighted by molar-refractivity contribution is 6.03. The third-order valence-corrected chi connectivity index (χ3v) is 7.72. The van der Waals surface area contributed by atoms with Crippen LogP contribution in [0.1, 0.15) is 66.2 Å². The number of amides is 3. The molecule has 1 fully saturated rings. The van der Waals surface area contributed by atoms with Gasteiger partial charge in [-0.15, -0.1) is 6.58 Å². The lowest BCUT2D eigenvalue weighted by Gasteiger charge is -2.53. The number of nitrogens with zero attached hydrogens (tertiary/aromatic N) is 1. The molecule has 2 atom stereocenters. The minimum atomic E-state index is -4.49. The van der Waals surface area contributed by atoms with Gasteiger partial charge in [-0.05, 0) is 66.8 Å². The van der Waals surface area contributed by atoms with Gasteiger partial charge in [0.05, 0.1) is 17.2 Å². The van der Waals surface area contributed by atoms with E-state index in [0.29, 0.717) is 29.7 Å². The first-order valence-electron chi connectivity index (χ1n) is 13.9.